The number of fused-ring (bicyclic) bond motifs is 1. The fraction of sp³-hybridized carbons (Fsp3) is 0.261. The molecule has 3 aromatic heterocycles. The smallest absolute Gasteiger partial charge is 0.255 e. The number of aromatic nitrogens is 4. The molecule has 31 heavy (non-hydrogen) atoms. The molecule has 160 valence electrons. The Morgan fingerprint density at radius 1 is 1.26 bits per heavy atom. The Hall–Kier alpha value is -3.02. The van der Waals surface area contributed by atoms with E-state index in [1.165, 1.54) is 0 Å². The second-order valence-corrected chi connectivity index (χ2v) is 8.24. The Labute approximate surface area is 183 Å². The third kappa shape index (κ3) is 4.38. The van der Waals surface area contributed by atoms with Crippen LogP contribution in [-0.4, -0.2) is 43.0 Å². The molecule has 0 aliphatic carbocycles. The average molecular weight is 435 g/mol. The molecule has 0 aliphatic rings. The van der Waals surface area contributed by atoms with E-state index in [0.29, 0.717) is 24.0 Å². The highest BCUT2D eigenvalue weighted by molar-refractivity contribution is 7.27. The first-order valence-corrected chi connectivity index (χ1v) is 10.8. The Morgan fingerprint density at radius 2 is 2.10 bits per heavy atom. The van der Waals surface area contributed by atoms with Crippen LogP contribution in [-0.2, 0) is 13.6 Å². The Bertz CT molecular complexity index is 1230. The Morgan fingerprint density at radius 3 is 2.77 bits per heavy atom. The van der Waals surface area contributed by atoms with Gasteiger partial charge in [0.2, 0.25) is 0 Å². The van der Waals surface area contributed by atoms with Crippen LogP contribution in [0.5, 0.6) is 0 Å². The van der Waals surface area contributed by atoms with Crippen LogP contribution in [0.3, 0.4) is 0 Å². The molecule has 1 amide bonds. The molecule has 8 heteroatoms. The van der Waals surface area contributed by atoms with Crippen LogP contribution in [0, 0.1) is 0 Å². The highest BCUT2D eigenvalue weighted by Gasteiger charge is 2.19. The van der Waals surface area contributed by atoms with Crippen molar-refractivity contribution in [1.82, 2.24) is 24.6 Å². The number of benzene rings is 1. The van der Waals surface area contributed by atoms with Gasteiger partial charge in [-0.15, -0.1) is 9.24 Å². The quantitative estimate of drug-likeness (QED) is 0.437. The molecule has 4 aromatic rings. The third-order valence-corrected chi connectivity index (χ3v) is 5.99. The minimum absolute atomic E-state index is 0.0893. The third-order valence-electron chi connectivity index (χ3n) is 5.45. The van der Waals surface area contributed by atoms with Crippen LogP contribution in [0.25, 0.3) is 22.2 Å². The van der Waals surface area contributed by atoms with Gasteiger partial charge in [0.1, 0.15) is 5.52 Å². The molecule has 0 saturated heterocycles. The molecule has 3 heterocycles. The van der Waals surface area contributed by atoms with Gasteiger partial charge in [-0.05, 0) is 41.1 Å². The molecule has 2 atom stereocenters. The number of hydrogen-bond donors (Lipinski definition) is 2. The number of amides is 1. The Kier molecular flexibility index (Phi) is 6.16. The van der Waals surface area contributed by atoms with Gasteiger partial charge in [0.05, 0.1) is 29.9 Å². The summed E-state index contributed by atoms with van der Waals surface area (Å²) in [5, 5.41) is 17.6. The molecular formula is C23H26N5O2P. The lowest BCUT2D eigenvalue weighted by atomic mass is 10.1. The monoisotopic (exact) mass is 435 g/mol. The zero-order valence-electron chi connectivity index (χ0n) is 17.6. The minimum Gasteiger partial charge on any atom is -0.394 e. The second-order valence-electron chi connectivity index (χ2n) is 7.62. The van der Waals surface area contributed by atoms with Crippen molar-refractivity contribution in [3.63, 3.8) is 0 Å². The number of hydrogen-bond acceptors (Lipinski definition) is 4. The van der Waals surface area contributed by atoms with Gasteiger partial charge in [-0.2, -0.15) is 5.10 Å². The van der Waals surface area contributed by atoms with E-state index < -0.39 is 0 Å². The van der Waals surface area contributed by atoms with Crippen LogP contribution < -0.4 is 10.6 Å². The lowest BCUT2D eigenvalue weighted by Crippen LogP contribution is -2.36. The maximum absolute atomic E-state index is 12.8. The number of rotatable bonds is 7. The van der Waals surface area contributed by atoms with E-state index >= 15 is 0 Å². The second kappa shape index (κ2) is 9.00. The maximum atomic E-state index is 12.8. The summed E-state index contributed by atoms with van der Waals surface area (Å²) in [5.41, 5.74) is 5.37. The summed E-state index contributed by atoms with van der Waals surface area (Å²) in [6.07, 6.45) is 8.04. The summed E-state index contributed by atoms with van der Waals surface area (Å²) in [6, 6.07) is 9.89. The van der Waals surface area contributed by atoms with Gasteiger partial charge in [-0.3, -0.25) is 14.5 Å². The average Bonchev–Trinajstić information content (AvgIpc) is 3.37. The molecule has 0 fully saturated rings. The van der Waals surface area contributed by atoms with E-state index in [-0.39, 0.29) is 18.6 Å². The first-order chi connectivity index (χ1) is 15.0. The summed E-state index contributed by atoms with van der Waals surface area (Å²) in [4.78, 5) is 17.3. The van der Waals surface area contributed by atoms with E-state index in [9.17, 15) is 9.90 Å². The van der Waals surface area contributed by atoms with Gasteiger partial charge in [0.15, 0.2) is 0 Å². The molecule has 7 nitrogen and oxygen atoms in total. The lowest BCUT2D eigenvalue weighted by molar-refractivity contribution is 0.0916. The van der Waals surface area contributed by atoms with Crippen molar-refractivity contribution < 1.29 is 9.90 Å². The van der Waals surface area contributed by atoms with Crippen molar-refractivity contribution in [3.8, 4) is 11.1 Å². The number of aliphatic hydroxyl groups is 1. The normalized spacial score (nSPS) is 12.3. The molecule has 0 radical (unpaired) electrons. The highest BCUT2D eigenvalue weighted by Crippen LogP contribution is 2.23. The van der Waals surface area contributed by atoms with Crippen molar-refractivity contribution >= 4 is 31.5 Å². The fourth-order valence-corrected chi connectivity index (χ4v) is 4.00. The van der Waals surface area contributed by atoms with Gasteiger partial charge in [0.25, 0.3) is 5.91 Å². The first-order valence-electron chi connectivity index (χ1n) is 10.2. The van der Waals surface area contributed by atoms with E-state index in [1.807, 2.05) is 49.3 Å². The predicted molar refractivity (Wildman–Crippen MR) is 125 cm³/mol. The molecule has 2 N–H and O–H groups in total. The van der Waals surface area contributed by atoms with E-state index in [1.54, 1.807) is 10.9 Å². The summed E-state index contributed by atoms with van der Waals surface area (Å²) >= 11 is 0. The summed E-state index contributed by atoms with van der Waals surface area (Å²) in [6.45, 7) is 2.45. The highest BCUT2D eigenvalue weighted by atomic mass is 31.0. The van der Waals surface area contributed by atoms with Crippen molar-refractivity contribution in [2.45, 2.75) is 25.9 Å². The summed E-state index contributed by atoms with van der Waals surface area (Å²) in [7, 11) is 4.71. The van der Waals surface area contributed by atoms with E-state index in [2.05, 4.69) is 42.8 Å². The van der Waals surface area contributed by atoms with Crippen LogP contribution >= 0.6 is 9.24 Å². The van der Waals surface area contributed by atoms with Crippen molar-refractivity contribution in [2.24, 2.45) is 7.05 Å². The molecule has 0 saturated carbocycles. The lowest BCUT2D eigenvalue weighted by Gasteiger charge is -2.13. The number of nitrogens with zero attached hydrogens (tertiary/aromatic N) is 4. The van der Waals surface area contributed by atoms with E-state index in [0.717, 1.165) is 27.5 Å². The van der Waals surface area contributed by atoms with E-state index in [4.69, 9.17) is 0 Å². The summed E-state index contributed by atoms with van der Waals surface area (Å²) < 4.78 is 3.83. The molecule has 1 aromatic carbocycles. The SMILES string of the molecule is CCC(CO)NC(=O)c1cn(Cc2ccc(-c3cnn(C)c3)cc2P)c2cccnc12. The van der Waals surface area contributed by atoms with Gasteiger partial charge >= 0.3 is 0 Å². The topological polar surface area (TPSA) is 85.0 Å². The number of pyridine rings is 1. The fourth-order valence-electron chi connectivity index (χ4n) is 3.63. The maximum Gasteiger partial charge on any atom is 0.255 e. The zero-order valence-corrected chi connectivity index (χ0v) is 18.8. The standard InChI is InChI=1S/C23H26N5O2P/c1-3-18(14-29)26-23(30)19-13-28(20-5-4-8-24-22(19)20)12-16-7-6-15(9-21(16)31)17-10-25-27(2)11-17/h4-11,13,18,29H,3,12,14,31H2,1-2H3,(H,26,30). The van der Waals surface area contributed by atoms with Gasteiger partial charge in [-0.1, -0.05) is 19.1 Å². The number of aliphatic hydroxyl groups excluding tert-OH is 1. The van der Waals surface area contributed by atoms with Crippen LogP contribution in [0.2, 0.25) is 0 Å². The van der Waals surface area contributed by atoms with Crippen molar-refractivity contribution in [1.29, 1.82) is 0 Å². The first kappa shape index (κ1) is 21.2. The largest absolute Gasteiger partial charge is 0.394 e. The number of aryl methyl sites for hydroxylation is 1. The Balaban J connectivity index is 1.65. The van der Waals surface area contributed by atoms with Gasteiger partial charge < -0.3 is 15.0 Å². The minimum atomic E-state index is -0.270. The molecular weight excluding hydrogens is 409 g/mol. The molecule has 0 aliphatic heterocycles. The molecule has 2 unspecified atom stereocenters. The van der Waals surface area contributed by atoms with Gasteiger partial charge in [0, 0.05) is 37.7 Å². The predicted octanol–water partition coefficient (Wildman–Crippen LogP) is 2.49. The van der Waals surface area contributed by atoms with Crippen LogP contribution in [0.15, 0.2) is 55.1 Å². The van der Waals surface area contributed by atoms with Crippen LogP contribution in [0.1, 0.15) is 29.3 Å². The van der Waals surface area contributed by atoms with Crippen molar-refractivity contribution in [3.05, 3.63) is 66.2 Å². The molecule has 0 bridgehead atoms. The van der Waals surface area contributed by atoms with Crippen molar-refractivity contribution in [2.75, 3.05) is 6.61 Å². The number of carbonyl (C=O) groups excluding carboxylic acids is 1. The molecule has 0 spiro atoms. The molecule has 4 rings (SSSR count). The summed E-state index contributed by atoms with van der Waals surface area (Å²) in [5.74, 6) is -0.221. The van der Waals surface area contributed by atoms with Gasteiger partial charge in [-0.25, -0.2) is 0 Å². The number of carbonyl (C=O) groups is 1. The number of nitrogens with one attached hydrogen (secondary N) is 1. The van der Waals surface area contributed by atoms with Crippen LogP contribution in [0.4, 0.5) is 0 Å². The zero-order chi connectivity index (χ0) is 22.0.